The summed E-state index contributed by atoms with van der Waals surface area (Å²) in [6.07, 6.45) is 0.753. The zero-order chi connectivity index (χ0) is 19.0. The first-order valence-electron chi connectivity index (χ1n) is 8.54. The number of hydrogen-bond acceptors (Lipinski definition) is 4. The lowest BCUT2D eigenvalue weighted by Gasteiger charge is -2.49. The molecule has 0 radical (unpaired) electrons. The Morgan fingerprint density at radius 3 is 2.40 bits per heavy atom. The zero-order valence-corrected chi connectivity index (χ0v) is 18.3. The SMILES string of the molecule is CC(C)(C)[Si](C)(C)OC1(N)CC(Br)CN(c2ccc(C(=O)O)cc2)C1. The number of rotatable bonds is 4. The highest BCUT2D eigenvalue weighted by Crippen LogP contribution is 2.40. The van der Waals surface area contributed by atoms with Gasteiger partial charge in [0.1, 0.15) is 5.72 Å². The number of piperidine rings is 1. The Kier molecular flexibility index (Phi) is 5.73. The Labute approximate surface area is 159 Å². The predicted molar refractivity (Wildman–Crippen MR) is 108 cm³/mol. The van der Waals surface area contributed by atoms with Crippen molar-refractivity contribution in [1.82, 2.24) is 0 Å². The van der Waals surface area contributed by atoms with Gasteiger partial charge in [-0.1, -0.05) is 36.7 Å². The Bertz CT molecular complexity index is 630. The van der Waals surface area contributed by atoms with Crippen LogP contribution in [0.25, 0.3) is 0 Å². The highest BCUT2D eigenvalue weighted by atomic mass is 79.9. The molecule has 1 saturated heterocycles. The maximum Gasteiger partial charge on any atom is 0.335 e. The summed E-state index contributed by atoms with van der Waals surface area (Å²) in [5.74, 6) is -0.919. The summed E-state index contributed by atoms with van der Waals surface area (Å²) in [7, 11) is -2.00. The summed E-state index contributed by atoms with van der Waals surface area (Å²) in [6, 6.07) is 6.92. The molecule has 1 heterocycles. The smallest absolute Gasteiger partial charge is 0.335 e. The van der Waals surface area contributed by atoms with Crippen LogP contribution in [0.1, 0.15) is 37.6 Å². The number of anilines is 1. The fourth-order valence-electron chi connectivity index (χ4n) is 2.88. The van der Waals surface area contributed by atoms with Crippen molar-refractivity contribution in [2.24, 2.45) is 5.73 Å². The number of carboxylic acid groups (broad SMARTS) is 1. The zero-order valence-electron chi connectivity index (χ0n) is 15.7. The molecule has 0 saturated carbocycles. The molecule has 1 aromatic carbocycles. The minimum Gasteiger partial charge on any atom is -0.478 e. The van der Waals surface area contributed by atoms with Crippen molar-refractivity contribution >= 4 is 35.9 Å². The Balaban J connectivity index is 2.21. The maximum atomic E-state index is 11.0. The van der Waals surface area contributed by atoms with E-state index in [1.54, 1.807) is 12.1 Å². The van der Waals surface area contributed by atoms with Gasteiger partial charge in [0.05, 0.1) is 12.1 Å². The van der Waals surface area contributed by atoms with Gasteiger partial charge in [-0.3, -0.25) is 0 Å². The fourth-order valence-corrected chi connectivity index (χ4v) is 5.25. The van der Waals surface area contributed by atoms with E-state index >= 15 is 0 Å². The monoisotopic (exact) mass is 428 g/mol. The summed E-state index contributed by atoms with van der Waals surface area (Å²) in [6.45, 7) is 12.5. The number of alkyl halides is 1. The van der Waals surface area contributed by atoms with Crippen molar-refractivity contribution in [2.45, 2.75) is 55.9 Å². The molecule has 2 atom stereocenters. The molecule has 0 bridgehead atoms. The summed E-state index contributed by atoms with van der Waals surface area (Å²) >= 11 is 3.72. The minimum absolute atomic E-state index is 0.0899. The van der Waals surface area contributed by atoms with E-state index in [1.807, 2.05) is 12.1 Å². The van der Waals surface area contributed by atoms with Gasteiger partial charge in [0.2, 0.25) is 0 Å². The van der Waals surface area contributed by atoms with Crippen LogP contribution >= 0.6 is 15.9 Å². The van der Waals surface area contributed by atoms with Gasteiger partial charge in [-0.2, -0.15) is 0 Å². The van der Waals surface area contributed by atoms with Crippen LogP contribution in [0.5, 0.6) is 0 Å². The summed E-state index contributed by atoms with van der Waals surface area (Å²) in [5, 5.41) is 9.15. The molecular weight excluding hydrogens is 400 g/mol. The topological polar surface area (TPSA) is 75.8 Å². The van der Waals surface area contributed by atoms with Gasteiger partial charge in [-0.15, -0.1) is 0 Å². The standard InChI is InChI=1S/C18H29BrN2O3Si/c1-17(2,3)25(4,5)24-18(20)10-14(19)11-21(12-18)15-8-6-13(7-9-15)16(22)23/h6-9,14H,10-12,20H2,1-5H3,(H,22,23). The average molecular weight is 429 g/mol. The molecule has 0 aromatic heterocycles. The first-order valence-corrected chi connectivity index (χ1v) is 12.4. The molecule has 1 aromatic rings. The summed E-state index contributed by atoms with van der Waals surface area (Å²) < 4.78 is 6.57. The van der Waals surface area contributed by atoms with Crippen molar-refractivity contribution in [3.8, 4) is 0 Å². The average Bonchev–Trinajstić information content (AvgIpc) is 2.44. The summed E-state index contributed by atoms with van der Waals surface area (Å²) in [5.41, 5.74) is 7.21. The second-order valence-corrected chi connectivity index (χ2v) is 14.5. The number of hydrogen-bond donors (Lipinski definition) is 2. The second-order valence-electron chi connectivity index (χ2n) is 8.46. The quantitative estimate of drug-likeness (QED) is 0.429. The Hall–Kier alpha value is -0.893. The molecule has 1 aliphatic heterocycles. The second kappa shape index (κ2) is 7.02. The van der Waals surface area contributed by atoms with Crippen LogP contribution in [-0.2, 0) is 4.43 Å². The van der Waals surface area contributed by atoms with Crippen molar-refractivity contribution in [3.63, 3.8) is 0 Å². The molecule has 5 nitrogen and oxygen atoms in total. The number of carboxylic acids is 1. The lowest BCUT2D eigenvalue weighted by Crippen LogP contribution is -2.64. The third kappa shape index (κ3) is 4.84. The molecule has 140 valence electrons. The van der Waals surface area contributed by atoms with Crippen molar-refractivity contribution in [3.05, 3.63) is 29.8 Å². The van der Waals surface area contributed by atoms with Gasteiger partial charge < -0.3 is 20.2 Å². The van der Waals surface area contributed by atoms with E-state index in [1.165, 1.54) is 0 Å². The van der Waals surface area contributed by atoms with Gasteiger partial charge >= 0.3 is 5.97 Å². The van der Waals surface area contributed by atoms with Crippen LogP contribution in [0.4, 0.5) is 5.69 Å². The van der Waals surface area contributed by atoms with Crippen LogP contribution in [0, 0.1) is 0 Å². The van der Waals surface area contributed by atoms with Gasteiger partial charge in [-0.05, 0) is 42.4 Å². The molecule has 2 rings (SSSR count). The highest BCUT2D eigenvalue weighted by Gasteiger charge is 2.46. The van der Waals surface area contributed by atoms with E-state index < -0.39 is 20.0 Å². The lowest BCUT2D eigenvalue weighted by molar-refractivity contribution is 0.0471. The Morgan fingerprint density at radius 1 is 1.36 bits per heavy atom. The van der Waals surface area contributed by atoms with Crippen LogP contribution in [0.15, 0.2) is 24.3 Å². The number of aromatic carboxylic acids is 1. The third-order valence-corrected chi connectivity index (χ3v) is 10.3. The van der Waals surface area contributed by atoms with Crippen LogP contribution in [-0.4, -0.2) is 43.0 Å². The van der Waals surface area contributed by atoms with Crippen LogP contribution < -0.4 is 10.6 Å². The third-order valence-electron chi connectivity index (χ3n) is 5.19. The minimum atomic E-state index is -2.00. The number of nitrogens with two attached hydrogens (primary N) is 1. The molecule has 0 spiro atoms. The predicted octanol–water partition coefficient (Wildman–Crippen LogP) is 4.04. The molecule has 1 fully saturated rings. The molecule has 0 aliphatic carbocycles. The Morgan fingerprint density at radius 2 is 1.92 bits per heavy atom. The molecular formula is C18H29BrN2O3Si. The molecule has 0 amide bonds. The number of halogens is 1. The largest absolute Gasteiger partial charge is 0.478 e. The summed E-state index contributed by atoms with van der Waals surface area (Å²) in [4.78, 5) is 13.4. The van der Waals surface area contributed by atoms with E-state index in [0.717, 1.165) is 18.7 Å². The molecule has 3 N–H and O–H groups in total. The van der Waals surface area contributed by atoms with Gasteiger partial charge in [0, 0.05) is 23.5 Å². The lowest BCUT2D eigenvalue weighted by atomic mass is 10.0. The molecule has 7 heteroatoms. The van der Waals surface area contributed by atoms with Crippen LogP contribution in [0.2, 0.25) is 18.1 Å². The van der Waals surface area contributed by atoms with Crippen LogP contribution in [0.3, 0.4) is 0 Å². The van der Waals surface area contributed by atoms with E-state index in [9.17, 15) is 4.79 Å². The van der Waals surface area contributed by atoms with E-state index in [4.69, 9.17) is 15.3 Å². The molecule has 1 aliphatic rings. The first kappa shape index (κ1) is 20.4. The fraction of sp³-hybridized carbons (Fsp3) is 0.611. The van der Waals surface area contributed by atoms with E-state index in [0.29, 0.717) is 6.54 Å². The molecule has 25 heavy (non-hydrogen) atoms. The number of carbonyl (C=O) groups is 1. The number of nitrogens with zero attached hydrogens (tertiary/aromatic N) is 1. The normalized spacial score (nSPS) is 25.1. The van der Waals surface area contributed by atoms with Crippen molar-refractivity contribution < 1.29 is 14.3 Å². The maximum absolute atomic E-state index is 11.0. The van der Waals surface area contributed by atoms with Crippen molar-refractivity contribution in [2.75, 3.05) is 18.0 Å². The van der Waals surface area contributed by atoms with Gasteiger partial charge in [0.25, 0.3) is 0 Å². The highest BCUT2D eigenvalue weighted by molar-refractivity contribution is 9.09. The van der Waals surface area contributed by atoms with E-state index in [-0.39, 0.29) is 15.4 Å². The molecule has 2 unspecified atom stereocenters. The van der Waals surface area contributed by atoms with E-state index in [2.05, 4.69) is 54.7 Å². The van der Waals surface area contributed by atoms with Gasteiger partial charge in [0.15, 0.2) is 8.32 Å². The first-order chi connectivity index (χ1) is 11.3. The number of benzene rings is 1. The van der Waals surface area contributed by atoms with Gasteiger partial charge in [-0.25, -0.2) is 4.79 Å². The van der Waals surface area contributed by atoms with Crippen molar-refractivity contribution in [1.29, 1.82) is 0 Å².